The van der Waals surface area contributed by atoms with Crippen molar-refractivity contribution in [2.45, 2.75) is 6.92 Å². The number of carbonyl (C=O) groups excluding carboxylic acids is 1. The molecule has 0 radical (unpaired) electrons. The maximum Gasteiger partial charge on any atom is 0.325 e. The van der Waals surface area contributed by atoms with Crippen molar-refractivity contribution < 1.29 is 9.53 Å². The van der Waals surface area contributed by atoms with Gasteiger partial charge in [0.25, 0.3) is 0 Å². The van der Waals surface area contributed by atoms with Gasteiger partial charge in [-0.1, -0.05) is 28.1 Å². The van der Waals surface area contributed by atoms with Crippen LogP contribution in [0.2, 0.25) is 0 Å². The minimum Gasteiger partial charge on any atom is -0.465 e. The number of thiocarbonyl (C=S) groups is 1. The first-order chi connectivity index (χ1) is 8.04. The summed E-state index contributed by atoms with van der Waals surface area (Å²) in [5, 5.41) is 2.95. The molecule has 0 atom stereocenters. The molecule has 0 spiro atoms. The minimum atomic E-state index is -0.318. The summed E-state index contributed by atoms with van der Waals surface area (Å²) in [6.45, 7) is 2.21. The first-order valence-corrected chi connectivity index (χ1v) is 6.23. The van der Waals surface area contributed by atoms with Crippen LogP contribution in [0.15, 0.2) is 22.7 Å². The van der Waals surface area contributed by atoms with Gasteiger partial charge in [0.1, 0.15) is 11.5 Å². The molecule has 4 nitrogen and oxygen atoms in total. The molecule has 0 unspecified atom stereocenters. The molecule has 0 saturated heterocycles. The summed E-state index contributed by atoms with van der Waals surface area (Å²) in [5.41, 5.74) is 7.00. The van der Waals surface area contributed by atoms with Crippen molar-refractivity contribution in [3.8, 4) is 0 Å². The monoisotopic (exact) mass is 316 g/mol. The Morgan fingerprint density at radius 3 is 2.88 bits per heavy atom. The quantitative estimate of drug-likeness (QED) is 0.643. The van der Waals surface area contributed by atoms with Crippen molar-refractivity contribution in [3.63, 3.8) is 0 Å². The van der Waals surface area contributed by atoms with Crippen LogP contribution >= 0.6 is 28.1 Å². The molecular weight excluding hydrogens is 304 g/mol. The smallest absolute Gasteiger partial charge is 0.325 e. The maximum absolute atomic E-state index is 11.2. The Bertz CT molecular complexity index is 437. The Morgan fingerprint density at radius 1 is 1.59 bits per heavy atom. The lowest BCUT2D eigenvalue weighted by Crippen LogP contribution is -2.19. The lowest BCUT2D eigenvalue weighted by Gasteiger charge is -2.11. The first kappa shape index (κ1) is 13.9. The largest absolute Gasteiger partial charge is 0.465 e. The number of rotatable bonds is 5. The highest BCUT2D eigenvalue weighted by Gasteiger charge is 2.08. The molecule has 0 aliphatic heterocycles. The number of hydrogen-bond acceptors (Lipinski definition) is 4. The van der Waals surface area contributed by atoms with Crippen molar-refractivity contribution in [1.82, 2.24) is 0 Å². The van der Waals surface area contributed by atoms with Crippen LogP contribution in [0, 0.1) is 0 Å². The standard InChI is InChI=1S/C11H13BrN2O2S/c1-2-16-10(15)6-14-9-5-7(12)3-4-8(9)11(13)17/h3-5,14H,2,6H2,1H3,(H2,13,17). The number of nitrogens with one attached hydrogen (secondary N) is 1. The zero-order chi connectivity index (χ0) is 12.8. The van der Waals surface area contributed by atoms with Gasteiger partial charge in [0.15, 0.2) is 0 Å². The van der Waals surface area contributed by atoms with Gasteiger partial charge in [0.05, 0.1) is 6.61 Å². The predicted octanol–water partition coefficient (Wildman–Crippen LogP) is 2.06. The number of ether oxygens (including phenoxy) is 1. The van der Waals surface area contributed by atoms with E-state index >= 15 is 0 Å². The molecule has 1 aromatic rings. The molecule has 3 N–H and O–H groups in total. The normalized spacial score (nSPS) is 9.76. The van der Waals surface area contributed by atoms with Gasteiger partial charge in [-0.3, -0.25) is 4.79 Å². The molecule has 1 rings (SSSR count). The van der Waals surface area contributed by atoms with Crippen LogP contribution in [0.4, 0.5) is 5.69 Å². The first-order valence-electron chi connectivity index (χ1n) is 5.03. The summed E-state index contributed by atoms with van der Waals surface area (Å²) < 4.78 is 5.70. The van der Waals surface area contributed by atoms with E-state index in [9.17, 15) is 4.79 Å². The summed E-state index contributed by atoms with van der Waals surface area (Å²) in [6.07, 6.45) is 0. The highest BCUT2D eigenvalue weighted by molar-refractivity contribution is 9.10. The van der Waals surface area contributed by atoms with E-state index in [4.69, 9.17) is 22.7 Å². The van der Waals surface area contributed by atoms with E-state index in [1.165, 1.54) is 0 Å². The van der Waals surface area contributed by atoms with Gasteiger partial charge < -0.3 is 15.8 Å². The van der Waals surface area contributed by atoms with E-state index in [1.54, 1.807) is 13.0 Å². The fourth-order valence-electron chi connectivity index (χ4n) is 1.26. The van der Waals surface area contributed by atoms with Gasteiger partial charge >= 0.3 is 5.97 Å². The third kappa shape index (κ3) is 4.32. The van der Waals surface area contributed by atoms with E-state index in [2.05, 4.69) is 21.2 Å². The van der Waals surface area contributed by atoms with E-state index in [0.29, 0.717) is 17.9 Å². The Morgan fingerprint density at radius 2 is 2.29 bits per heavy atom. The van der Waals surface area contributed by atoms with Crippen LogP contribution in [0.5, 0.6) is 0 Å². The number of hydrogen-bond donors (Lipinski definition) is 2. The highest BCUT2D eigenvalue weighted by atomic mass is 79.9. The highest BCUT2D eigenvalue weighted by Crippen LogP contribution is 2.21. The predicted molar refractivity (Wildman–Crippen MR) is 75.2 cm³/mol. The molecule has 17 heavy (non-hydrogen) atoms. The lowest BCUT2D eigenvalue weighted by atomic mass is 10.2. The summed E-state index contributed by atoms with van der Waals surface area (Å²) in [4.78, 5) is 11.5. The van der Waals surface area contributed by atoms with Gasteiger partial charge in [0.2, 0.25) is 0 Å². The van der Waals surface area contributed by atoms with Gasteiger partial charge in [0, 0.05) is 15.7 Å². The zero-order valence-corrected chi connectivity index (χ0v) is 11.7. The third-order valence-electron chi connectivity index (χ3n) is 1.98. The number of carbonyl (C=O) groups is 1. The maximum atomic E-state index is 11.2. The Hall–Kier alpha value is -1.14. The molecule has 0 heterocycles. The second kappa shape index (κ2) is 6.56. The summed E-state index contributed by atoms with van der Waals surface area (Å²) in [7, 11) is 0. The number of benzene rings is 1. The number of esters is 1. The van der Waals surface area contributed by atoms with Crippen molar-refractivity contribution in [3.05, 3.63) is 28.2 Å². The molecule has 0 aliphatic carbocycles. The number of nitrogens with two attached hydrogens (primary N) is 1. The van der Waals surface area contributed by atoms with Crippen molar-refractivity contribution in [2.75, 3.05) is 18.5 Å². The second-order valence-corrected chi connectivity index (χ2v) is 4.57. The van der Waals surface area contributed by atoms with E-state index in [0.717, 1.165) is 4.47 Å². The average molecular weight is 317 g/mol. The van der Waals surface area contributed by atoms with Gasteiger partial charge in [-0.05, 0) is 25.1 Å². The topological polar surface area (TPSA) is 64.3 Å². The Balaban J connectivity index is 2.78. The Kier molecular flexibility index (Phi) is 5.37. The van der Waals surface area contributed by atoms with Crippen molar-refractivity contribution >= 4 is 44.8 Å². The van der Waals surface area contributed by atoms with E-state index < -0.39 is 0 Å². The molecule has 92 valence electrons. The average Bonchev–Trinajstić information content (AvgIpc) is 2.26. The molecule has 0 bridgehead atoms. The Labute approximate surface area is 114 Å². The van der Waals surface area contributed by atoms with Crippen LogP contribution < -0.4 is 11.1 Å². The van der Waals surface area contributed by atoms with E-state index in [1.807, 2.05) is 12.1 Å². The van der Waals surface area contributed by atoms with Crippen LogP contribution in [0.1, 0.15) is 12.5 Å². The number of anilines is 1. The molecule has 0 amide bonds. The van der Waals surface area contributed by atoms with Crippen LogP contribution in [0.25, 0.3) is 0 Å². The van der Waals surface area contributed by atoms with Crippen LogP contribution in [-0.4, -0.2) is 24.1 Å². The van der Waals surface area contributed by atoms with Crippen molar-refractivity contribution in [2.24, 2.45) is 5.73 Å². The molecule has 1 aromatic carbocycles. The molecule has 6 heteroatoms. The molecule has 0 aliphatic rings. The third-order valence-corrected chi connectivity index (χ3v) is 2.69. The minimum absolute atomic E-state index is 0.0832. The van der Waals surface area contributed by atoms with Crippen LogP contribution in [0.3, 0.4) is 0 Å². The molecule has 0 aromatic heterocycles. The second-order valence-electron chi connectivity index (χ2n) is 3.21. The summed E-state index contributed by atoms with van der Waals surface area (Å²) in [6, 6.07) is 5.44. The zero-order valence-electron chi connectivity index (χ0n) is 9.33. The van der Waals surface area contributed by atoms with E-state index in [-0.39, 0.29) is 17.5 Å². The van der Waals surface area contributed by atoms with Crippen LogP contribution in [-0.2, 0) is 9.53 Å². The van der Waals surface area contributed by atoms with Gasteiger partial charge in [-0.25, -0.2) is 0 Å². The summed E-state index contributed by atoms with van der Waals surface area (Å²) in [5.74, 6) is -0.318. The molecule has 0 fully saturated rings. The molecule has 0 saturated carbocycles. The lowest BCUT2D eigenvalue weighted by molar-refractivity contribution is -0.140. The summed E-state index contributed by atoms with van der Waals surface area (Å²) >= 11 is 8.27. The van der Waals surface area contributed by atoms with Gasteiger partial charge in [-0.2, -0.15) is 0 Å². The molecular formula is C11H13BrN2O2S. The SMILES string of the molecule is CCOC(=O)CNc1cc(Br)ccc1C(N)=S. The fourth-order valence-corrected chi connectivity index (χ4v) is 1.80. The fraction of sp³-hybridized carbons (Fsp3) is 0.273. The van der Waals surface area contributed by atoms with Gasteiger partial charge in [-0.15, -0.1) is 0 Å². The number of halogens is 1. The van der Waals surface area contributed by atoms with Crippen molar-refractivity contribution in [1.29, 1.82) is 0 Å².